The SMILES string of the molecule is C/C(C#N)=C(/S)COc1ccn2nc(C)c(C(=O)NC(C)(CO)CO)c2c1. The Bertz CT molecular complexity index is 925. The summed E-state index contributed by atoms with van der Waals surface area (Å²) >= 11 is 4.24. The number of carbonyl (C=O) groups excluding carboxylic acids is 1. The van der Waals surface area contributed by atoms with Crippen molar-refractivity contribution in [1.82, 2.24) is 14.9 Å². The van der Waals surface area contributed by atoms with Crippen LogP contribution in [-0.2, 0) is 0 Å². The summed E-state index contributed by atoms with van der Waals surface area (Å²) in [5.41, 5.74) is 0.655. The van der Waals surface area contributed by atoms with Crippen LogP contribution in [0.4, 0.5) is 0 Å². The van der Waals surface area contributed by atoms with Crippen molar-refractivity contribution in [1.29, 1.82) is 5.26 Å². The first-order valence-electron chi connectivity index (χ1n) is 8.19. The molecule has 0 bridgehead atoms. The zero-order valence-electron chi connectivity index (χ0n) is 15.4. The Morgan fingerprint density at radius 1 is 1.48 bits per heavy atom. The van der Waals surface area contributed by atoms with Crippen LogP contribution < -0.4 is 10.1 Å². The molecule has 1 amide bonds. The van der Waals surface area contributed by atoms with E-state index in [2.05, 4.69) is 23.0 Å². The normalized spacial score (nSPS) is 12.5. The second-order valence-corrected chi connectivity index (χ2v) is 7.00. The molecule has 0 atom stereocenters. The first-order valence-corrected chi connectivity index (χ1v) is 8.64. The number of ether oxygens (including phenoxy) is 1. The zero-order chi connectivity index (χ0) is 20.2. The minimum atomic E-state index is -1.15. The third kappa shape index (κ3) is 4.60. The number of hydrogen-bond donors (Lipinski definition) is 4. The number of aliphatic hydroxyl groups excluding tert-OH is 2. The van der Waals surface area contributed by atoms with Crippen molar-refractivity contribution in [2.24, 2.45) is 0 Å². The summed E-state index contributed by atoms with van der Waals surface area (Å²) in [6, 6.07) is 5.36. The van der Waals surface area contributed by atoms with Gasteiger partial charge in [-0.1, -0.05) is 0 Å². The van der Waals surface area contributed by atoms with Gasteiger partial charge in [-0.25, -0.2) is 4.52 Å². The lowest BCUT2D eigenvalue weighted by Gasteiger charge is -2.26. The number of aromatic nitrogens is 2. The van der Waals surface area contributed by atoms with Gasteiger partial charge >= 0.3 is 0 Å². The van der Waals surface area contributed by atoms with Crippen molar-refractivity contribution < 1.29 is 19.7 Å². The summed E-state index contributed by atoms with van der Waals surface area (Å²) in [6.45, 7) is 4.20. The lowest BCUT2D eigenvalue weighted by atomic mass is 10.0. The Morgan fingerprint density at radius 3 is 2.74 bits per heavy atom. The van der Waals surface area contributed by atoms with Gasteiger partial charge in [-0.05, 0) is 26.8 Å². The van der Waals surface area contributed by atoms with Crippen molar-refractivity contribution >= 4 is 24.1 Å². The number of aryl methyl sites for hydroxylation is 1. The molecule has 0 spiro atoms. The van der Waals surface area contributed by atoms with Crippen LogP contribution in [0.2, 0.25) is 0 Å². The molecule has 2 rings (SSSR count). The fourth-order valence-electron chi connectivity index (χ4n) is 2.30. The summed E-state index contributed by atoms with van der Waals surface area (Å²) in [5, 5.41) is 34.6. The largest absolute Gasteiger partial charge is 0.488 e. The highest BCUT2D eigenvalue weighted by Crippen LogP contribution is 2.22. The first kappa shape index (κ1) is 20.8. The van der Waals surface area contributed by atoms with Crippen LogP contribution >= 0.6 is 12.6 Å². The maximum Gasteiger partial charge on any atom is 0.255 e. The third-order valence-electron chi connectivity index (χ3n) is 4.10. The average molecular weight is 390 g/mol. The molecular formula is C18H22N4O4S. The van der Waals surface area contributed by atoms with Crippen LogP contribution in [0.15, 0.2) is 28.8 Å². The van der Waals surface area contributed by atoms with Gasteiger partial charge in [0, 0.05) is 22.7 Å². The highest BCUT2D eigenvalue weighted by Gasteiger charge is 2.28. The molecule has 3 N–H and O–H groups in total. The Labute approximate surface area is 162 Å². The van der Waals surface area contributed by atoms with Crippen LogP contribution in [0.5, 0.6) is 5.75 Å². The molecule has 0 unspecified atom stereocenters. The van der Waals surface area contributed by atoms with Crippen LogP contribution in [0.25, 0.3) is 5.52 Å². The molecule has 2 aromatic rings. The van der Waals surface area contributed by atoms with Crippen LogP contribution in [0.1, 0.15) is 29.9 Å². The van der Waals surface area contributed by atoms with E-state index in [-0.39, 0.29) is 6.61 Å². The number of nitrogens with one attached hydrogen (secondary N) is 1. The second-order valence-electron chi connectivity index (χ2n) is 6.46. The van der Waals surface area contributed by atoms with Crippen molar-refractivity contribution in [3.8, 4) is 11.8 Å². The van der Waals surface area contributed by atoms with Gasteiger partial charge in [0.15, 0.2) is 0 Å². The van der Waals surface area contributed by atoms with E-state index in [4.69, 9.17) is 10.00 Å². The number of rotatable bonds is 7. The third-order valence-corrected chi connectivity index (χ3v) is 4.56. The molecule has 0 aliphatic carbocycles. The van der Waals surface area contributed by atoms with Crippen LogP contribution in [0.3, 0.4) is 0 Å². The van der Waals surface area contributed by atoms with E-state index in [1.165, 1.54) is 0 Å². The summed E-state index contributed by atoms with van der Waals surface area (Å²) in [5.74, 6) is 0.0289. The zero-order valence-corrected chi connectivity index (χ0v) is 16.2. The molecule has 0 aliphatic heterocycles. The molecule has 9 heteroatoms. The number of allylic oxidation sites excluding steroid dienone is 1. The van der Waals surface area contributed by atoms with Gasteiger partial charge in [-0.15, -0.1) is 12.6 Å². The fourth-order valence-corrected chi connectivity index (χ4v) is 2.42. The second kappa shape index (κ2) is 8.43. The van der Waals surface area contributed by atoms with E-state index in [1.807, 2.05) is 6.07 Å². The van der Waals surface area contributed by atoms with Crippen molar-refractivity contribution in [3.63, 3.8) is 0 Å². The standard InChI is InChI=1S/C18H22N4O4S/c1-11(7-19)15(27)8-26-13-4-5-22-14(6-13)16(12(2)21-22)17(25)20-18(3,9-23)10-24/h4-6,23-24,27H,8-10H2,1-3H3,(H,20,25)/b15-11-. The molecule has 8 nitrogen and oxygen atoms in total. The molecule has 2 heterocycles. The number of nitriles is 1. The number of pyridine rings is 1. The van der Waals surface area contributed by atoms with Gasteiger partial charge in [0.25, 0.3) is 5.91 Å². The van der Waals surface area contributed by atoms with Gasteiger partial charge in [-0.2, -0.15) is 10.4 Å². The molecular weight excluding hydrogens is 368 g/mol. The van der Waals surface area contributed by atoms with E-state index >= 15 is 0 Å². The van der Waals surface area contributed by atoms with Crippen molar-refractivity contribution in [2.75, 3.05) is 19.8 Å². The summed E-state index contributed by atoms with van der Waals surface area (Å²) in [4.78, 5) is 13.2. The topological polar surface area (TPSA) is 120 Å². The highest BCUT2D eigenvalue weighted by atomic mass is 32.1. The number of fused-ring (bicyclic) bond motifs is 1. The quantitative estimate of drug-likeness (QED) is 0.417. The highest BCUT2D eigenvalue weighted by molar-refractivity contribution is 7.84. The lowest BCUT2D eigenvalue weighted by Crippen LogP contribution is -2.51. The summed E-state index contributed by atoms with van der Waals surface area (Å²) in [6.07, 6.45) is 1.66. The molecule has 0 fully saturated rings. The molecule has 0 saturated carbocycles. The van der Waals surface area contributed by atoms with E-state index in [9.17, 15) is 15.0 Å². The van der Waals surface area contributed by atoms with E-state index in [1.54, 1.807) is 43.6 Å². The van der Waals surface area contributed by atoms with E-state index in [0.29, 0.717) is 33.0 Å². The predicted octanol–water partition coefficient (Wildman–Crippen LogP) is 1.22. The van der Waals surface area contributed by atoms with E-state index < -0.39 is 24.7 Å². The number of nitrogens with zero attached hydrogens (tertiary/aromatic N) is 3. The summed E-state index contributed by atoms with van der Waals surface area (Å²) in [7, 11) is 0. The Balaban J connectivity index is 2.34. The molecule has 0 aromatic carbocycles. The number of aliphatic hydroxyl groups is 2. The number of hydrogen-bond acceptors (Lipinski definition) is 7. The maximum atomic E-state index is 12.7. The predicted molar refractivity (Wildman–Crippen MR) is 103 cm³/mol. The molecule has 0 radical (unpaired) electrons. The van der Waals surface area contributed by atoms with Crippen molar-refractivity contribution in [2.45, 2.75) is 26.3 Å². The first-order chi connectivity index (χ1) is 12.7. The molecule has 2 aromatic heterocycles. The minimum Gasteiger partial charge on any atom is -0.488 e. The van der Waals surface area contributed by atoms with Gasteiger partial charge in [0.2, 0.25) is 0 Å². The Kier molecular flexibility index (Phi) is 6.49. The molecule has 144 valence electrons. The number of amides is 1. The van der Waals surface area contributed by atoms with Gasteiger partial charge in [0.1, 0.15) is 12.4 Å². The Morgan fingerprint density at radius 2 is 2.15 bits per heavy atom. The average Bonchev–Trinajstić information content (AvgIpc) is 3.00. The van der Waals surface area contributed by atoms with Crippen LogP contribution in [0, 0.1) is 18.3 Å². The fraction of sp³-hybridized carbons (Fsp3) is 0.389. The van der Waals surface area contributed by atoms with Gasteiger partial charge < -0.3 is 20.3 Å². The van der Waals surface area contributed by atoms with E-state index in [0.717, 1.165) is 0 Å². The number of carbonyl (C=O) groups is 1. The monoisotopic (exact) mass is 390 g/mol. The minimum absolute atomic E-state index is 0.125. The lowest BCUT2D eigenvalue weighted by molar-refractivity contribution is 0.0724. The van der Waals surface area contributed by atoms with Crippen LogP contribution in [-0.4, -0.2) is 51.1 Å². The molecule has 0 aliphatic rings. The summed E-state index contributed by atoms with van der Waals surface area (Å²) < 4.78 is 7.19. The smallest absolute Gasteiger partial charge is 0.255 e. The number of thiol groups is 1. The van der Waals surface area contributed by atoms with Crippen molar-refractivity contribution in [3.05, 3.63) is 40.1 Å². The van der Waals surface area contributed by atoms with Gasteiger partial charge in [-0.3, -0.25) is 4.79 Å². The maximum absolute atomic E-state index is 12.7. The molecule has 0 saturated heterocycles. The Hall–Kier alpha value is -2.54. The molecule has 27 heavy (non-hydrogen) atoms. The van der Waals surface area contributed by atoms with Gasteiger partial charge in [0.05, 0.1) is 41.6 Å².